The number of thiophene rings is 1. The van der Waals surface area contributed by atoms with Crippen LogP contribution in [0, 0.1) is 0 Å². The van der Waals surface area contributed by atoms with E-state index in [4.69, 9.17) is 4.74 Å². The van der Waals surface area contributed by atoms with Crippen LogP contribution in [0.2, 0.25) is 0 Å². The summed E-state index contributed by atoms with van der Waals surface area (Å²) in [6.45, 7) is 0.804. The number of hydrogen-bond acceptors (Lipinski definition) is 3. The van der Waals surface area contributed by atoms with Gasteiger partial charge in [-0.1, -0.05) is 36.4 Å². The van der Waals surface area contributed by atoms with Crippen LogP contribution in [-0.4, -0.2) is 7.11 Å². The van der Waals surface area contributed by atoms with E-state index in [1.807, 2.05) is 12.1 Å². The highest BCUT2D eigenvalue weighted by atomic mass is 32.1. The maximum absolute atomic E-state index is 5.45. The highest BCUT2D eigenvalue weighted by Gasteiger charge is 2.06. The molecule has 3 rings (SSSR count). The lowest BCUT2D eigenvalue weighted by Crippen LogP contribution is -2.00. The first-order valence-electron chi connectivity index (χ1n) is 6.85. The van der Waals surface area contributed by atoms with Gasteiger partial charge < -0.3 is 10.1 Å². The molecule has 3 aromatic rings. The third kappa shape index (κ3) is 3.26. The minimum absolute atomic E-state index is 0.804. The maximum Gasteiger partial charge on any atom is 0.141 e. The van der Waals surface area contributed by atoms with E-state index in [1.54, 1.807) is 18.4 Å². The molecule has 1 heterocycles. The predicted octanol–water partition coefficient (Wildman–Crippen LogP) is 5.04. The van der Waals surface area contributed by atoms with Gasteiger partial charge in [-0.2, -0.15) is 11.3 Å². The normalized spacial score (nSPS) is 10.3. The van der Waals surface area contributed by atoms with E-state index in [1.165, 1.54) is 16.7 Å². The maximum atomic E-state index is 5.45. The summed E-state index contributed by atoms with van der Waals surface area (Å²) in [6.07, 6.45) is 0. The van der Waals surface area contributed by atoms with Gasteiger partial charge in [-0.15, -0.1) is 0 Å². The van der Waals surface area contributed by atoms with E-state index in [0.29, 0.717) is 0 Å². The third-order valence-electron chi connectivity index (χ3n) is 3.37. The fraction of sp³-hybridized carbons (Fsp3) is 0.111. The van der Waals surface area contributed by atoms with Crippen LogP contribution in [0.5, 0.6) is 5.75 Å². The molecule has 0 atom stereocenters. The number of benzene rings is 2. The van der Waals surface area contributed by atoms with Gasteiger partial charge in [0.15, 0.2) is 0 Å². The summed E-state index contributed by atoms with van der Waals surface area (Å²) < 4.78 is 5.45. The molecule has 3 heteroatoms. The molecule has 1 aromatic heterocycles. The van der Waals surface area contributed by atoms with E-state index in [0.717, 1.165) is 18.0 Å². The van der Waals surface area contributed by atoms with E-state index in [-0.39, 0.29) is 0 Å². The molecule has 1 N–H and O–H groups in total. The second kappa shape index (κ2) is 6.46. The first-order chi connectivity index (χ1) is 10.4. The molecule has 2 aromatic carbocycles. The molecule has 106 valence electrons. The van der Waals surface area contributed by atoms with Gasteiger partial charge in [-0.25, -0.2) is 0 Å². The minimum Gasteiger partial charge on any atom is -0.495 e. The van der Waals surface area contributed by atoms with Crippen molar-refractivity contribution in [2.45, 2.75) is 6.54 Å². The molecule has 0 radical (unpaired) electrons. The quantitative estimate of drug-likeness (QED) is 0.712. The molecular weight excluding hydrogens is 278 g/mol. The van der Waals surface area contributed by atoms with Gasteiger partial charge in [0.1, 0.15) is 5.75 Å². The van der Waals surface area contributed by atoms with Gasteiger partial charge in [-0.05, 0) is 45.6 Å². The molecule has 0 saturated carbocycles. The Balaban J connectivity index is 1.86. The van der Waals surface area contributed by atoms with Crippen LogP contribution >= 0.6 is 11.3 Å². The third-order valence-corrected chi connectivity index (χ3v) is 4.10. The summed E-state index contributed by atoms with van der Waals surface area (Å²) in [7, 11) is 1.70. The average Bonchev–Trinajstić information content (AvgIpc) is 3.07. The average molecular weight is 295 g/mol. The smallest absolute Gasteiger partial charge is 0.141 e. The largest absolute Gasteiger partial charge is 0.495 e. The first kappa shape index (κ1) is 13.7. The summed E-state index contributed by atoms with van der Waals surface area (Å²) in [4.78, 5) is 0. The number of methoxy groups -OCH3 is 1. The Kier molecular flexibility index (Phi) is 4.22. The predicted molar refractivity (Wildman–Crippen MR) is 90.1 cm³/mol. The van der Waals surface area contributed by atoms with Crippen molar-refractivity contribution in [3.8, 4) is 16.9 Å². The SMILES string of the molecule is COc1ccc(-c2ccccc2)cc1NCc1ccsc1. The van der Waals surface area contributed by atoms with Crippen molar-refractivity contribution in [2.24, 2.45) is 0 Å². The molecule has 2 nitrogen and oxygen atoms in total. The lowest BCUT2D eigenvalue weighted by atomic mass is 10.0. The Labute approximate surface area is 129 Å². The highest BCUT2D eigenvalue weighted by molar-refractivity contribution is 7.07. The molecule has 0 aliphatic rings. The van der Waals surface area contributed by atoms with Crippen LogP contribution in [0.1, 0.15) is 5.56 Å². The second-order valence-electron chi connectivity index (χ2n) is 4.77. The van der Waals surface area contributed by atoms with Crippen molar-refractivity contribution in [1.82, 2.24) is 0 Å². The van der Waals surface area contributed by atoms with E-state index in [2.05, 4.69) is 58.5 Å². The van der Waals surface area contributed by atoms with Crippen LogP contribution in [0.3, 0.4) is 0 Å². The Morgan fingerprint density at radius 1 is 1.00 bits per heavy atom. The van der Waals surface area contributed by atoms with Crippen molar-refractivity contribution in [2.75, 3.05) is 12.4 Å². The molecule has 0 fully saturated rings. The van der Waals surface area contributed by atoms with E-state index in [9.17, 15) is 0 Å². The Hall–Kier alpha value is -2.26. The van der Waals surface area contributed by atoms with Crippen LogP contribution in [-0.2, 0) is 6.54 Å². The van der Waals surface area contributed by atoms with Gasteiger partial charge >= 0.3 is 0 Å². The second-order valence-corrected chi connectivity index (χ2v) is 5.55. The van der Waals surface area contributed by atoms with Crippen LogP contribution in [0.4, 0.5) is 5.69 Å². The summed E-state index contributed by atoms with van der Waals surface area (Å²) in [6, 6.07) is 18.7. The zero-order valence-corrected chi connectivity index (χ0v) is 12.7. The standard InChI is InChI=1S/C18H17NOS/c1-20-18-8-7-16(15-5-3-2-4-6-15)11-17(18)19-12-14-9-10-21-13-14/h2-11,13,19H,12H2,1H3. The van der Waals surface area contributed by atoms with Gasteiger partial charge in [0, 0.05) is 6.54 Å². The zero-order chi connectivity index (χ0) is 14.5. The Morgan fingerprint density at radius 3 is 2.57 bits per heavy atom. The summed E-state index contributed by atoms with van der Waals surface area (Å²) in [5.41, 5.74) is 4.69. The van der Waals surface area contributed by atoms with Crippen molar-refractivity contribution >= 4 is 17.0 Å². The Morgan fingerprint density at radius 2 is 1.86 bits per heavy atom. The Bertz CT molecular complexity index is 693. The lowest BCUT2D eigenvalue weighted by Gasteiger charge is -2.13. The zero-order valence-electron chi connectivity index (χ0n) is 11.9. The van der Waals surface area contributed by atoms with Crippen molar-refractivity contribution in [3.63, 3.8) is 0 Å². The fourth-order valence-corrected chi connectivity index (χ4v) is 2.92. The monoisotopic (exact) mass is 295 g/mol. The first-order valence-corrected chi connectivity index (χ1v) is 7.79. The van der Waals surface area contributed by atoms with Crippen LogP contribution in [0.25, 0.3) is 11.1 Å². The molecular formula is C18H17NOS. The topological polar surface area (TPSA) is 21.3 Å². The van der Waals surface area contributed by atoms with Crippen LogP contribution in [0.15, 0.2) is 65.4 Å². The van der Waals surface area contributed by atoms with E-state index < -0.39 is 0 Å². The number of anilines is 1. The van der Waals surface area contributed by atoms with Crippen molar-refractivity contribution in [1.29, 1.82) is 0 Å². The molecule has 21 heavy (non-hydrogen) atoms. The molecule has 0 amide bonds. The van der Waals surface area contributed by atoms with Gasteiger partial charge in [0.05, 0.1) is 12.8 Å². The van der Waals surface area contributed by atoms with Gasteiger partial charge in [-0.3, -0.25) is 0 Å². The minimum atomic E-state index is 0.804. The number of hydrogen-bond donors (Lipinski definition) is 1. The summed E-state index contributed by atoms with van der Waals surface area (Å²) in [5.74, 6) is 0.866. The van der Waals surface area contributed by atoms with Gasteiger partial charge in [0.2, 0.25) is 0 Å². The molecule has 0 aliphatic heterocycles. The molecule has 0 saturated heterocycles. The molecule has 0 aliphatic carbocycles. The fourth-order valence-electron chi connectivity index (χ4n) is 2.25. The number of ether oxygens (including phenoxy) is 1. The van der Waals surface area contributed by atoms with E-state index >= 15 is 0 Å². The van der Waals surface area contributed by atoms with Gasteiger partial charge in [0.25, 0.3) is 0 Å². The van der Waals surface area contributed by atoms with Crippen molar-refractivity contribution < 1.29 is 4.74 Å². The highest BCUT2D eigenvalue weighted by Crippen LogP contribution is 2.31. The molecule has 0 bridgehead atoms. The van der Waals surface area contributed by atoms with Crippen molar-refractivity contribution in [3.05, 3.63) is 70.9 Å². The van der Waals surface area contributed by atoms with Crippen LogP contribution < -0.4 is 10.1 Å². The molecule has 0 unspecified atom stereocenters. The molecule has 0 spiro atoms. The summed E-state index contributed by atoms with van der Waals surface area (Å²) >= 11 is 1.71. The number of nitrogens with one attached hydrogen (secondary N) is 1. The number of rotatable bonds is 5. The lowest BCUT2D eigenvalue weighted by molar-refractivity contribution is 0.416. The summed E-state index contributed by atoms with van der Waals surface area (Å²) in [5, 5.41) is 7.70.